The van der Waals surface area contributed by atoms with Gasteiger partial charge >= 0.3 is 5.97 Å². The summed E-state index contributed by atoms with van der Waals surface area (Å²) in [6, 6.07) is 1.30. The molecular formula is C21H26F2N4O3S. The van der Waals surface area contributed by atoms with E-state index in [0.29, 0.717) is 12.4 Å². The summed E-state index contributed by atoms with van der Waals surface area (Å²) in [6.07, 6.45) is 0.220. The first-order valence-corrected chi connectivity index (χ1v) is 11.1. The summed E-state index contributed by atoms with van der Waals surface area (Å²) >= 11 is 0.873. The van der Waals surface area contributed by atoms with E-state index >= 15 is 0 Å². The molecule has 1 aliphatic heterocycles. The lowest BCUT2D eigenvalue weighted by Gasteiger charge is -2.21. The van der Waals surface area contributed by atoms with Gasteiger partial charge in [0.1, 0.15) is 11.5 Å². The van der Waals surface area contributed by atoms with Crippen molar-refractivity contribution in [3.05, 3.63) is 28.5 Å². The Morgan fingerprint density at radius 2 is 2.13 bits per heavy atom. The predicted octanol–water partition coefficient (Wildman–Crippen LogP) is 4.76. The largest absolute Gasteiger partial charge is 0.461 e. The van der Waals surface area contributed by atoms with Gasteiger partial charge in [0.25, 0.3) is 12.3 Å². The summed E-state index contributed by atoms with van der Waals surface area (Å²) in [7, 11) is 0. The van der Waals surface area contributed by atoms with Crippen LogP contribution in [0.25, 0.3) is 10.4 Å². The highest BCUT2D eigenvalue weighted by Gasteiger charge is 2.33. The molecule has 1 fully saturated rings. The number of nitrogens with zero attached hydrogens (tertiary/aromatic N) is 3. The van der Waals surface area contributed by atoms with Crippen LogP contribution in [0.2, 0.25) is 0 Å². The maximum atomic E-state index is 14.0. The molecule has 0 aliphatic carbocycles. The van der Waals surface area contributed by atoms with Gasteiger partial charge in [-0.05, 0) is 46.6 Å². The number of hydrogen-bond acceptors (Lipinski definition) is 7. The Hall–Kier alpha value is -2.62. The number of carbonyl (C=O) groups is 2. The number of ether oxygens (including phenoxy) is 1. The molecule has 3 heterocycles. The Labute approximate surface area is 183 Å². The molecule has 0 saturated carbocycles. The number of likely N-dealkylation sites (tertiary alicyclic amines) is 1. The van der Waals surface area contributed by atoms with Crippen molar-refractivity contribution < 1.29 is 23.1 Å². The van der Waals surface area contributed by atoms with Crippen LogP contribution in [-0.2, 0) is 4.74 Å². The first-order valence-electron chi connectivity index (χ1n) is 10.3. The molecule has 31 heavy (non-hydrogen) atoms. The van der Waals surface area contributed by atoms with Crippen LogP contribution in [0.15, 0.2) is 12.3 Å². The van der Waals surface area contributed by atoms with Gasteiger partial charge in [-0.25, -0.2) is 23.5 Å². The van der Waals surface area contributed by atoms with E-state index in [0.717, 1.165) is 24.2 Å². The Bertz CT molecular complexity index is 964. The number of amides is 1. The second-order valence-corrected chi connectivity index (χ2v) is 8.66. The zero-order valence-corrected chi connectivity index (χ0v) is 18.8. The number of alkyl halides is 2. The molecule has 0 aromatic carbocycles. The molecular weight excluding hydrogens is 426 g/mol. The number of aromatic nitrogens is 2. The molecule has 2 aromatic rings. The van der Waals surface area contributed by atoms with Crippen molar-refractivity contribution in [3.63, 3.8) is 0 Å². The molecule has 0 radical (unpaired) electrons. The Balaban J connectivity index is 2.12. The van der Waals surface area contributed by atoms with E-state index in [1.165, 1.54) is 12.3 Å². The smallest absolute Gasteiger partial charge is 0.367 e. The van der Waals surface area contributed by atoms with Crippen molar-refractivity contribution in [2.24, 2.45) is 0 Å². The van der Waals surface area contributed by atoms with Gasteiger partial charge in [-0.2, -0.15) is 0 Å². The fraction of sp³-hybridized carbons (Fsp3) is 0.524. The second kappa shape index (κ2) is 9.67. The van der Waals surface area contributed by atoms with E-state index in [1.807, 2.05) is 20.8 Å². The number of hydrogen-bond donors (Lipinski definition) is 1. The van der Waals surface area contributed by atoms with Gasteiger partial charge < -0.3 is 15.0 Å². The average molecular weight is 453 g/mol. The highest BCUT2D eigenvalue weighted by molar-refractivity contribution is 7.17. The molecule has 3 rings (SSSR count). The highest BCUT2D eigenvalue weighted by atomic mass is 32.1. The fourth-order valence-corrected chi connectivity index (χ4v) is 4.50. The molecule has 0 bridgehead atoms. The Kier molecular flexibility index (Phi) is 7.19. The summed E-state index contributed by atoms with van der Waals surface area (Å²) in [4.78, 5) is 35.8. The minimum absolute atomic E-state index is 0.0106. The van der Waals surface area contributed by atoms with Crippen LogP contribution in [0.5, 0.6) is 0 Å². The van der Waals surface area contributed by atoms with Gasteiger partial charge in [-0.3, -0.25) is 4.79 Å². The number of pyridine rings is 1. The van der Waals surface area contributed by atoms with Gasteiger partial charge in [0.15, 0.2) is 0 Å². The molecule has 1 atom stereocenters. The van der Waals surface area contributed by atoms with Gasteiger partial charge in [0, 0.05) is 36.0 Å². The molecule has 1 N–H and O–H groups in total. The molecule has 1 aliphatic rings. The van der Waals surface area contributed by atoms with E-state index in [-0.39, 0.29) is 51.3 Å². The van der Waals surface area contributed by atoms with Crippen LogP contribution in [-0.4, -0.2) is 52.0 Å². The summed E-state index contributed by atoms with van der Waals surface area (Å²) in [5.41, 5.74) is -0.205. The first kappa shape index (κ1) is 23.1. The quantitative estimate of drug-likeness (QED) is 0.610. The predicted molar refractivity (Wildman–Crippen MR) is 115 cm³/mol. The standard InChI is InChI=1S/C21H26F2N4O3S/c1-5-30-21(29)19-26-16(20(28)27-8-6-7-12(27)4)17(31-19)14-10-24-15(25-11(2)3)9-13(14)18(22)23/h9-12,18H,5-8H2,1-4H3,(H,24,25)/t12-/m0/s1. The first-order chi connectivity index (χ1) is 14.7. The molecule has 1 amide bonds. The number of anilines is 1. The van der Waals surface area contributed by atoms with E-state index < -0.39 is 12.4 Å². The molecule has 168 valence electrons. The third-order valence-electron chi connectivity index (χ3n) is 4.95. The van der Waals surface area contributed by atoms with Crippen molar-refractivity contribution >= 4 is 29.0 Å². The summed E-state index contributed by atoms with van der Waals surface area (Å²) in [5, 5.41) is 2.96. The molecule has 7 nitrogen and oxygen atoms in total. The SMILES string of the molecule is CCOC(=O)c1nc(C(=O)N2CCC[C@@H]2C)c(-c2cnc(NC(C)C)cc2C(F)F)s1. The van der Waals surface area contributed by atoms with Crippen molar-refractivity contribution in [1.82, 2.24) is 14.9 Å². The number of carbonyl (C=O) groups excluding carboxylic acids is 2. The molecule has 10 heteroatoms. The van der Waals surface area contributed by atoms with Gasteiger partial charge in [-0.1, -0.05) is 0 Å². The van der Waals surface area contributed by atoms with Crippen molar-refractivity contribution in [3.8, 4) is 10.4 Å². The van der Waals surface area contributed by atoms with Gasteiger partial charge in [0.2, 0.25) is 5.01 Å². The molecule has 1 saturated heterocycles. The van der Waals surface area contributed by atoms with Crippen LogP contribution < -0.4 is 5.32 Å². The van der Waals surface area contributed by atoms with Crippen LogP contribution in [0.4, 0.5) is 14.6 Å². The molecule has 0 unspecified atom stereocenters. The molecule has 2 aromatic heterocycles. The van der Waals surface area contributed by atoms with Crippen molar-refractivity contribution in [1.29, 1.82) is 0 Å². The highest BCUT2D eigenvalue weighted by Crippen LogP contribution is 2.39. The fourth-order valence-electron chi connectivity index (χ4n) is 3.51. The lowest BCUT2D eigenvalue weighted by atomic mass is 10.1. The van der Waals surface area contributed by atoms with Gasteiger partial charge in [0.05, 0.1) is 11.5 Å². The minimum atomic E-state index is -2.80. The maximum absolute atomic E-state index is 14.0. The van der Waals surface area contributed by atoms with Crippen molar-refractivity contribution in [2.45, 2.75) is 59.0 Å². The zero-order valence-electron chi connectivity index (χ0n) is 17.9. The average Bonchev–Trinajstić information content (AvgIpc) is 3.34. The minimum Gasteiger partial charge on any atom is -0.461 e. The number of esters is 1. The monoisotopic (exact) mass is 452 g/mol. The summed E-state index contributed by atoms with van der Waals surface area (Å²) < 4.78 is 32.9. The number of nitrogens with one attached hydrogen (secondary N) is 1. The number of halogens is 2. The lowest BCUT2D eigenvalue weighted by molar-refractivity contribution is 0.0525. The third kappa shape index (κ3) is 5.00. The topological polar surface area (TPSA) is 84.4 Å². The van der Waals surface area contributed by atoms with Crippen LogP contribution >= 0.6 is 11.3 Å². The summed E-state index contributed by atoms with van der Waals surface area (Å²) in [6.45, 7) is 8.04. The number of rotatable bonds is 7. The van der Waals surface area contributed by atoms with Crippen LogP contribution in [0, 0.1) is 0 Å². The Morgan fingerprint density at radius 1 is 1.39 bits per heavy atom. The zero-order chi connectivity index (χ0) is 22.7. The Morgan fingerprint density at radius 3 is 2.71 bits per heavy atom. The lowest BCUT2D eigenvalue weighted by Crippen LogP contribution is -2.34. The number of thiazole rings is 1. The van der Waals surface area contributed by atoms with Crippen LogP contribution in [0.1, 0.15) is 72.8 Å². The normalized spacial score (nSPS) is 16.3. The van der Waals surface area contributed by atoms with E-state index in [9.17, 15) is 18.4 Å². The van der Waals surface area contributed by atoms with E-state index in [2.05, 4.69) is 15.3 Å². The summed E-state index contributed by atoms with van der Waals surface area (Å²) in [5.74, 6) is -0.756. The van der Waals surface area contributed by atoms with Crippen molar-refractivity contribution in [2.75, 3.05) is 18.5 Å². The van der Waals surface area contributed by atoms with Gasteiger partial charge in [-0.15, -0.1) is 11.3 Å². The second-order valence-electron chi connectivity index (χ2n) is 7.66. The third-order valence-corrected chi connectivity index (χ3v) is 6.01. The molecule has 0 spiro atoms. The van der Waals surface area contributed by atoms with E-state index in [1.54, 1.807) is 11.8 Å². The van der Waals surface area contributed by atoms with Crippen LogP contribution in [0.3, 0.4) is 0 Å². The maximum Gasteiger partial charge on any atom is 0.367 e. The van der Waals surface area contributed by atoms with E-state index in [4.69, 9.17) is 4.74 Å².